The Balaban J connectivity index is 1.88. The van der Waals surface area contributed by atoms with E-state index in [1.807, 2.05) is 37.3 Å². The summed E-state index contributed by atoms with van der Waals surface area (Å²) in [4.78, 5) is 9.11. The molecule has 0 saturated heterocycles. The highest BCUT2D eigenvalue weighted by atomic mass is 16.5. The molecule has 0 atom stereocenters. The standard InChI is InChI=1S/C21H24N4O2/c1-13-7-6-8-14(2)20(13)25-21-22-15(3)11-19(24-21)23-16-9-10-17(26-4)18(12-16)27-5/h6-12H,1-5H3,(H2,22,23,24,25). The Labute approximate surface area is 159 Å². The van der Waals surface area contributed by atoms with E-state index >= 15 is 0 Å². The number of aromatic nitrogens is 2. The number of hydrogen-bond acceptors (Lipinski definition) is 6. The summed E-state index contributed by atoms with van der Waals surface area (Å²) in [7, 11) is 3.23. The van der Waals surface area contributed by atoms with Crippen LogP contribution in [0.1, 0.15) is 16.8 Å². The molecule has 0 amide bonds. The van der Waals surface area contributed by atoms with Crippen molar-refractivity contribution in [2.45, 2.75) is 20.8 Å². The van der Waals surface area contributed by atoms with Crippen molar-refractivity contribution >= 4 is 23.1 Å². The molecule has 0 spiro atoms. The highest BCUT2D eigenvalue weighted by molar-refractivity contribution is 5.66. The molecule has 3 aromatic rings. The zero-order valence-corrected chi connectivity index (χ0v) is 16.3. The minimum Gasteiger partial charge on any atom is -0.493 e. The minimum absolute atomic E-state index is 0.551. The third-order valence-electron chi connectivity index (χ3n) is 4.23. The second-order valence-electron chi connectivity index (χ2n) is 6.30. The molecular weight excluding hydrogens is 340 g/mol. The van der Waals surface area contributed by atoms with E-state index in [0.717, 1.165) is 28.2 Å². The molecule has 0 bridgehead atoms. The lowest BCUT2D eigenvalue weighted by Gasteiger charge is -2.14. The number of anilines is 4. The number of benzene rings is 2. The van der Waals surface area contributed by atoms with Crippen LogP contribution in [0.2, 0.25) is 0 Å². The maximum absolute atomic E-state index is 5.36. The molecule has 3 rings (SSSR count). The van der Waals surface area contributed by atoms with Crippen LogP contribution in [-0.4, -0.2) is 24.2 Å². The number of aryl methyl sites for hydroxylation is 3. The van der Waals surface area contributed by atoms with Gasteiger partial charge in [0.25, 0.3) is 0 Å². The molecular formula is C21H24N4O2. The second-order valence-corrected chi connectivity index (χ2v) is 6.30. The number of hydrogen-bond donors (Lipinski definition) is 2. The largest absolute Gasteiger partial charge is 0.493 e. The molecule has 0 radical (unpaired) electrons. The van der Waals surface area contributed by atoms with E-state index in [4.69, 9.17) is 9.47 Å². The monoisotopic (exact) mass is 364 g/mol. The van der Waals surface area contributed by atoms with Gasteiger partial charge in [0, 0.05) is 29.2 Å². The first kappa shape index (κ1) is 18.5. The summed E-state index contributed by atoms with van der Waals surface area (Å²) in [6, 6.07) is 13.7. The molecule has 0 fully saturated rings. The van der Waals surface area contributed by atoms with Crippen LogP contribution >= 0.6 is 0 Å². The Morgan fingerprint density at radius 2 is 1.48 bits per heavy atom. The lowest BCUT2D eigenvalue weighted by Crippen LogP contribution is -2.04. The third-order valence-corrected chi connectivity index (χ3v) is 4.23. The van der Waals surface area contributed by atoms with E-state index in [1.54, 1.807) is 14.2 Å². The highest BCUT2D eigenvalue weighted by Crippen LogP contribution is 2.31. The maximum atomic E-state index is 5.36. The lowest BCUT2D eigenvalue weighted by atomic mass is 10.1. The fourth-order valence-electron chi connectivity index (χ4n) is 2.87. The average Bonchev–Trinajstić information content (AvgIpc) is 2.64. The summed E-state index contributed by atoms with van der Waals surface area (Å²) in [6.45, 7) is 6.07. The van der Waals surface area contributed by atoms with Gasteiger partial charge in [0.05, 0.1) is 14.2 Å². The molecule has 1 heterocycles. The summed E-state index contributed by atoms with van der Waals surface area (Å²) in [6.07, 6.45) is 0. The van der Waals surface area contributed by atoms with Gasteiger partial charge < -0.3 is 20.1 Å². The SMILES string of the molecule is COc1ccc(Nc2cc(C)nc(Nc3c(C)cccc3C)n2)cc1OC. The van der Waals surface area contributed by atoms with Crippen molar-refractivity contribution in [3.63, 3.8) is 0 Å². The normalized spacial score (nSPS) is 10.4. The van der Waals surface area contributed by atoms with Gasteiger partial charge in [-0.25, -0.2) is 4.98 Å². The number of methoxy groups -OCH3 is 2. The first-order valence-electron chi connectivity index (χ1n) is 8.68. The van der Waals surface area contributed by atoms with E-state index < -0.39 is 0 Å². The van der Waals surface area contributed by atoms with Crippen LogP contribution < -0.4 is 20.1 Å². The van der Waals surface area contributed by atoms with E-state index in [0.29, 0.717) is 23.3 Å². The smallest absolute Gasteiger partial charge is 0.229 e. The van der Waals surface area contributed by atoms with Crippen molar-refractivity contribution in [3.8, 4) is 11.5 Å². The molecule has 2 N–H and O–H groups in total. The van der Waals surface area contributed by atoms with Gasteiger partial charge in [0.15, 0.2) is 11.5 Å². The zero-order chi connectivity index (χ0) is 19.4. The molecule has 0 aliphatic rings. The van der Waals surface area contributed by atoms with Crippen molar-refractivity contribution in [1.82, 2.24) is 9.97 Å². The summed E-state index contributed by atoms with van der Waals surface area (Å²) >= 11 is 0. The zero-order valence-electron chi connectivity index (χ0n) is 16.3. The van der Waals surface area contributed by atoms with Crippen LogP contribution in [0, 0.1) is 20.8 Å². The van der Waals surface area contributed by atoms with Gasteiger partial charge in [-0.05, 0) is 44.0 Å². The molecule has 1 aromatic heterocycles. The summed E-state index contributed by atoms with van der Waals surface area (Å²) in [5.74, 6) is 2.58. The van der Waals surface area contributed by atoms with Crippen LogP contribution in [0.15, 0.2) is 42.5 Å². The van der Waals surface area contributed by atoms with Crippen molar-refractivity contribution in [2.75, 3.05) is 24.9 Å². The average molecular weight is 364 g/mol. The Hall–Kier alpha value is -3.28. The Bertz CT molecular complexity index is 937. The highest BCUT2D eigenvalue weighted by Gasteiger charge is 2.09. The Kier molecular flexibility index (Phi) is 5.45. The number of rotatable bonds is 6. The van der Waals surface area contributed by atoms with Gasteiger partial charge in [-0.3, -0.25) is 0 Å². The van der Waals surface area contributed by atoms with Crippen LogP contribution in [0.25, 0.3) is 0 Å². The number of para-hydroxylation sites is 1. The first-order chi connectivity index (χ1) is 13.0. The molecule has 0 aliphatic heterocycles. The minimum atomic E-state index is 0.551. The van der Waals surface area contributed by atoms with E-state index in [1.165, 1.54) is 0 Å². The predicted octanol–water partition coefficient (Wildman–Crippen LogP) is 4.91. The van der Waals surface area contributed by atoms with Gasteiger partial charge in [-0.2, -0.15) is 4.98 Å². The van der Waals surface area contributed by atoms with Crippen molar-refractivity contribution in [3.05, 3.63) is 59.3 Å². The topological polar surface area (TPSA) is 68.3 Å². The van der Waals surface area contributed by atoms with Crippen molar-refractivity contribution in [1.29, 1.82) is 0 Å². The quantitative estimate of drug-likeness (QED) is 0.648. The van der Waals surface area contributed by atoms with Gasteiger partial charge in [0.1, 0.15) is 5.82 Å². The Morgan fingerprint density at radius 1 is 0.778 bits per heavy atom. The van der Waals surface area contributed by atoms with Crippen LogP contribution in [-0.2, 0) is 0 Å². The molecule has 0 aliphatic carbocycles. The fraction of sp³-hybridized carbons (Fsp3) is 0.238. The molecule has 6 heteroatoms. The molecule has 140 valence electrons. The van der Waals surface area contributed by atoms with Crippen LogP contribution in [0.3, 0.4) is 0 Å². The number of ether oxygens (including phenoxy) is 2. The van der Waals surface area contributed by atoms with E-state index in [2.05, 4.69) is 46.6 Å². The van der Waals surface area contributed by atoms with E-state index in [9.17, 15) is 0 Å². The Morgan fingerprint density at radius 3 is 2.15 bits per heavy atom. The van der Waals surface area contributed by atoms with E-state index in [-0.39, 0.29) is 0 Å². The number of nitrogens with one attached hydrogen (secondary N) is 2. The molecule has 0 saturated carbocycles. The van der Waals surface area contributed by atoms with Gasteiger partial charge in [-0.1, -0.05) is 18.2 Å². The van der Waals surface area contributed by atoms with Gasteiger partial charge >= 0.3 is 0 Å². The van der Waals surface area contributed by atoms with Crippen LogP contribution in [0.5, 0.6) is 11.5 Å². The fourth-order valence-corrected chi connectivity index (χ4v) is 2.87. The first-order valence-corrected chi connectivity index (χ1v) is 8.68. The molecule has 6 nitrogen and oxygen atoms in total. The number of nitrogens with zero attached hydrogens (tertiary/aromatic N) is 2. The lowest BCUT2D eigenvalue weighted by molar-refractivity contribution is 0.355. The van der Waals surface area contributed by atoms with Crippen molar-refractivity contribution in [2.24, 2.45) is 0 Å². The third kappa shape index (κ3) is 4.28. The summed E-state index contributed by atoms with van der Waals surface area (Å²) < 4.78 is 10.6. The van der Waals surface area contributed by atoms with Crippen LogP contribution in [0.4, 0.5) is 23.1 Å². The second kappa shape index (κ2) is 7.95. The summed E-state index contributed by atoms with van der Waals surface area (Å²) in [5.41, 5.74) is 5.04. The summed E-state index contributed by atoms with van der Waals surface area (Å²) in [5, 5.41) is 6.64. The van der Waals surface area contributed by atoms with Gasteiger partial charge in [0.2, 0.25) is 5.95 Å². The van der Waals surface area contributed by atoms with Gasteiger partial charge in [-0.15, -0.1) is 0 Å². The van der Waals surface area contributed by atoms with Crippen molar-refractivity contribution < 1.29 is 9.47 Å². The maximum Gasteiger partial charge on any atom is 0.229 e. The predicted molar refractivity (Wildman–Crippen MR) is 109 cm³/mol. The molecule has 0 unspecified atom stereocenters. The molecule has 2 aromatic carbocycles. The molecule has 27 heavy (non-hydrogen) atoms.